The van der Waals surface area contributed by atoms with Gasteiger partial charge in [-0.1, -0.05) is 6.08 Å². The van der Waals surface area contributed by atoms with E-state index >= 15 is 0 Å². The van der Waals surface area contributed by atoms with Crippen molar-refractivity contribution in [2.45, 2.75) is 12.5 Å². The SMILES string of the molecule is COC1C=c2[nH]c(=O)n(C)c2=CC1. The number of ether oxygens (including phenoxy) is 1. The van der Waals surface area contributed by atoms with Crippen molar-refractivity contribution in [2.75, 3.05) is 7.11 Å². The van der Waals surface area contributed by atoms with Gasteiger partial charge < -0.3 is 9.72 Å². The average Bonchev–Trinajstić information content (AvgIpc) is 2.42. The number of imidazole rings is 1. The lowest BCUT2D eigenvalue weighted by atomic mass is 10.1. The zero-order valence-corrected chi connectivity index (χ0v) is 7.70. The number of aromatic amines is 1. The third-order valence-electron chi connectivity index (χ3n) is 2.38. The van der Waals surface area contributed by atoms with Crippen molar-refractivity contribution in [1.29, 1.82) is 0 Å². The highest BCUT2D eigenvalue weighted by Gasteiger charge is 2.08. The Hall–Kier alpha value is -1.29. The molecule has 0 radical (unpaired) electrons. The maximum Gasteiger partial charge on any atom is 0.326 e. The number of rotatable bonds is 1. The largest absolute Gasteiger partial charge is 0.377 e. The minimum atomic E-state index is -0.0748. The van der Waals surface area contributed by atoms with Gasteiger partial charge in [-0.05, 0) is 12.5 Å². The predicted octanol–water partition coefficient (Wildman–Crippen LogP) is -1.31. The molecule has 0 aliphatic heterocycles. The summed E-state index contributed by atoms with van der Waals surface area (Å²) in [6.07, 6.45) is 4.87. The van der Waals surface area contributed by atoms with Crippen molar-refractivity contribution in [3.63, 3.8) is 0 Å². The molecule has 0 bridgehead atoms. The van der Waals surface area contributed by atoms with E-state index in [2.05, 4.69) is 4.98 Å². The molecule has 1 atom stereocenters. The molecule has 1 N–H and O–H groups in total. The van der Waals surface area contributed by atoms with Gasteiger partial charge in [0.2, 0.25) is 0 Å². The van der Waals surface area contributed by atoms with Crippen LogP contribution >= 0.6 is 0 Å². The van der Waals surface area contributed by atoms with E-state index in [4.69, 9.17) is 4.74 Å². The molecule has 0 spiro atoms. The summed E-state index contributed by atoms with van der Waals surface area (Å²) in [5.74, 6) is 0. The smallest absolute Gasteiger partial charge is 0.326 e. The van der Waals surface area contributed by atoms with Crippen LogP contribution in [-0.4, -0.2) is 22.8 Å². The summed E-state index contributed by atoms with van der Waals surface area (Å²) in [6.45, 7) is 0. The van der Waals surface area contributed by atoms with Crippen molar-refractivity contribution < 1.29 is 4.74 Å². The molecule has 0 saturated heterocycles. The second kappa shape index (κ2) is 2.88. The molecule has 4 heteroatoms. The van der Waals surface area contributed by atoms with E-state index < -0.39 is 0 Å². The Kier molecular flexibility index (Phi) is 1.84. The molecule has 0 fully saturated rings. The van der Waals surface area contributed by atoms with Gasteiger partial charge in [-0.25, -0.2) is 4.79 Å². The fraction of sp³-hybridized carbons (Fsp3) is 0.444. The van der Waals surface area contributed by atoms with Gasteiger partial charge in [0.15, 0.2) is 0 Å². The van der Waals surface area contributed by atoms with E-state index in [-0.39, 0.29) is 11.8 Å². The molecule has 0 aromatic carbocycles. The van der Waals surface area contributed by atoms with E-state index in [0.717, 1.165) is 17.1 Å². The second-order valence-corrected chi connectivity index (χ2v) is 3.17. The highest BCUT2D eigenvalue weighted by molar-refractivity contribution is 5.38. The van der Waals surface area contributed by atoms with E-state index in [1.54, 1.807) is 18.7 Å². The summed E-state index contributed by atoms with van der Waals surface area (Å²) in [7, 11) is 3.43. The number of nitrogens with one attached hydrogen (secondary N) is 1. The number of hydrogen-bond donors (Lipinski definition) is 1. The molecule has 1 unspecified atom stereocenters. The molecular weight excluding hydrogens is 168 g/mol. The van der Waals surface area contributed by atoms with Gasteiger partial charge in [0, 0.05) is 14.2 Å². The quantitative estimate of drug-likeness (QED) is 0.583. The highest BCUT2D eigenvalue weighted by atomic mass is 16.5. The van der Waals surface area contributed by atoms with Crippen LogP contribution in [0.2, 0.25) is 0 Å². The number of H-pyrrole nitrogens is 1. The van der Waals surface area contributed by atoms with E-state index in [0.29, 0.717) is 0 Å². The van der Waals surface area contributed by atoms with Gasteiger partial charge in [0.25, 0.3) is 0 Å². The van der Waals surface area contributed by atoms with E-state index in [1.807, 2.05) is 12.2 Å². The summed E-state index contributed by atoms with van der Waals surface area (Å²) in [5.41, 5.74) is -0.0748. The number of methoxy groups -OCH3 is 1. The maximum absolute atomic E-state index is 11.2. The lowest BCUT2D eigenvalue weighted by molar-refractivity contribution is 0.157. The van der Waals surface area contributed by atoms with Crippen LogP contribution in [0.3, 0.4) is 0 Å². The molecule has 1 aliphatic rings. The Bertz CT molecular complexity index is 481. The Labute approximate surface area is 75.1 Å². The van der Waals surface area contributed by atoms with Gasteiger partial charge in [0.1, 0.15) is 0 Å². The molecule has 0 amide bonds. The number of nitrogens with zero attached hydrogens (tertiary/aromatic N) is 1. The monoisotopic (exact) mass is 180 g/mol. The van der Waals surface area contributed by atoms with Gasteiger partial charge in [0.05, 0.1) is 16.8 Å². The number of hydrogen-bond acceptors (Lipinski definition) is 2. The summed E-state index contributed by atoms with van der Waals surface area (Å²) in [6, 6.07) is 0. The van der Waals surface area contributed by atoms with Crippen LogP contribution in [-0.2, 0) is 11.8 Å². The van der Waals surface area contributed by atoms with Gasteiger partial charge in [-0.2, -0.15) is 0 Å². The summed E-state index contributed by atoms with van der Waals surface area (Å²) in [4.78, 5) is 14.0. The summed E-state index contributed by atoms with van der Waals surface area (Å²) >= 11 is 0. The Morgan fingerprint density at radius 3 is 3.15 bits per heavy atom. The summed E-state index contributed by atoms with van der Waals surface area (Å²) in [5, 5.41) is 1.82. The maximum atomic E-state index is 11.2. The average molecular weight is 180 g/mol. The Morgan fingerprint density at radius 2 is 2.46 bits per heavy atom. The molecule has 2 rings (SSSR count). The minimum absolute atomic E-state index is 0.0748. The standard InChI is InChI=1S/C9H12N2O2/c1-11-8-4-3-6(13-2)5-7(8)10-9(11)12/h4-6H,3H2,1-2H3,(H,10,12). The highest BCUT2D eigenvalue weighted by Crippen LogP contribution is 2.00. The first kappa shape index (κ1) is 8.31. The van der Waals surface area contributed by atoms with E-state index in [1.165, 1.54) is 0 Å². The second-order valence-electron chi connectivity index (χ2n) is 3.17. The van der Waals surface area contributed by atoms with Crippen LogP contribution in [0.1, 0.15) is 6.42 Å². The fourth-order valence-corrected chi connectivity index (χ4v) is 1.57. The third kappa shape index (κ3) is 1.23. The molecule has 4 nitrogen and oxygen atoms in total. The van der Waals surface area contributed by atoms with Crippen LogP contribution in [0.25, 0.3) is 12.2 Å². The Balaban J connectivity index is 2.70. The predicted molar refractivity (Wildman–Crippen MR) is 49.6 cm³/mol. The zero-order chi connectivity index (χ0) is 9.42. The number of aromatic nitrogens is 2. The van der Waals surface area contributed by atoms with Crippen molar-refractivity contribution in [3.8, 4) is 0 Å². The van der Waals surface area contributed by atoms with Crippen LogP contribution in [0, 0.1) is 0 Å². The van der Waals surface area contributed by atoms with Crippen molar-refractivity contribution in [1.82, 2.24) is 9.55 Å². The van der Waals surface area contributed by atoms with Gasteiger partial charge in [-0.15, -0.1) is 0 Å². The fourth-order valence-electron chi connectivity index (χ4n) is 1.57. The van der Waals surface area contributed by atoms with Gasteiger partial charge in [-0.3, -0.25) is 4.57 Å². The summed E-state index contributed by atoms with van der Waals surface area (Å²) < 4.78 is 6.79. The molecule has 70 valence electrons. The molecular formula is C9H12N2O2. The van der Waals surface area contributed by atoms with Crippen LogP contribution in [0.4, 0.5) is 0 Å². The van der Waals surface area contributed by atoms with Crippen LogP contribution < -0.4 is 16.4 Å². The molecule has 1 heterocycles. The first-order chi connectivity index (χ1) is 6.22. The normalized spacial score (nSPS) is 20.3. The molecule has 1 aromatic heterocycles. The first-order valence-corrected chi connectivity index (χ1v) is 4.22. The molecule has 13 heavy (non-hydrogen) atoms. The first-order valence-electron chi connectivity index (χ1n) is 4.22. The topological polar surface area (TPSA) is 47.0 Å². The zero-order valence-electron chi connectivity index (χ0n) is 7.70. The van der Waals surface area contributed by atoms with Crippen molar-refractivity contribution >= 4 is 12.2 Å². The van der Waals surface area contributed by atoms with Crippen LogP contribution in [0.5, 0.6) is 0 Å². The van der Waals surface area contributed by atoms with Crippen LogP contribution in [0.15, 0.2) is 4.79 Å². The molecule has 1 aliphatic carbocycles. The minimum Gasteiger partial charge on any atom is -0.377 e. The molecule has 1 aromatic rings. The lowest BCUT2D eigenvalue weighted by Gasteiger charge is -2.09. The third-order valence-corrected chi connectivity index (χ3v) is 2.38. The number of fused-ring (bicyclic) bond motifs is 1. The van der Waals surface area contributed by atoms with Crippen molar-refractivity contribution in [2.24, 2.45) is 7.05 Å². The van der Waals surface area contributed by atoms with Crippen molar-refractivity contribution in [3.05, 3.63) is 21.2 Å². The van der Waals surface area contributed by atoms with Gasteiger partial charge >= 0.3 is 5.69 Å². The Morgan fingerprint density at radius 1 is 1.69 bits per heavy atom. The molecule has 0 saturated carbocycles. The lowest BCUT2D eigenvalue weighted by Crippen LogP contribution is -2.34. The van der Waals surface area contributed by atoms with E-state index in [9.17, 15) is 4.79 Å².